The van der Waals surface area contributed by atoms with Crippen LogP contribution >= 0.6 is 0 Å². The lowest BCUT2D eigenvalue weighted by Gasteiger charge is -2.18. The summed E-state index contributed by atoms with van der Waals surface area (Å²) in [6.45, 7) is 10.8. The minimum absolute atomic E-state index is 0.0650. The normalized spacial score (nSPS) is 14.0. The molecule has 0 fully saturated rings. The molecule has 3 heterocycles. The molecule has 1 aliphatic heterocycles. The number of amides is 1. The molecule has 25 heavy (non-hydrogen) atoms. The second kappa shape index (κ2) is 7.00. The summed E-state index contributed by atoms with van der Waals surface area (Å²) in [5.74, 6) is -0.0650. The molecule has 0 bridgehead atoms. The van der Waals surface area contributed by atoms with E-state index in [2.05, 4.69) is 31.0 Å². The van der Waals surface area contributed by atoms with Crippen LogP contribution in [-0.2, 0) is 30.9 Å². The van der Waals surface area contributed by atoms with Crippen LogP contribution < -0.4 is 0 Å². The standard InChI is InChI=1S/C18H27N5O2/c1-6-22-13(4)14(9-19-22)10-21(5)18(24)17-15-11-25-8-7-16(15)23(20-17)12(2)3/h9,12H,6-8,10-11H2,1-5H3. The first-order valence-electron chi connectivity index (χ1n) is 8.88. The summed E-state index contributed by atoms with van der Waals surface area (Å²) in [6.07, 6.45) is 2.65. The largest absolute Gasteiger partial charge is 0.376 e. The molecule has 136 valence electrons. The average Bonchev–Trinajstić information content (AvgIpc) is 3.15. The van der Waals surface area contributed by atoms with Gasteiger partial charge in [0.05, 0.1) is 19.4 Å². The smallest absolute Gasteiger partial charge is 0.274 e. The summed E-state index contributed by atoms with van der Waals surface area (Å²) < 4.78 is 9.49. The van der Waals surface area contributed by atoms with Crippen molar-refractivity contribution in [3.63, 3.8) is 0 Å². The fourth-order valence-electron chi connectivity index (χ4n) is 3.33. The number of aryl methyl sites for hydroxylation is 1. The summed E-state index contributed by atoms with van der Waals surface area (Å²) in [5.41, 5.74) is 4.75. The van der Waals surface area contributed by atoms with Crippen LogP contribution in [0.2, 0.25) is 0 Å². The number of fused-ring (bicyclic) bond motifs is 1. The second-order valence-electron chi connectivity index (χ2n) is 6.85. The summed E-state index contributed by atoms with van der Waals surface area (Å²) >= 11 is 0. The van der Waals surface area contributed by atoms with Gasteiger partial charge >= 0.3 is 0 Å². The zero-order valence-corrected chi connectivity index (χ0v) is 15.7. The first-order chi connectivity index (χ1) is 11.9. The average molecular weight is 345 g/mol. The predicted molar refractivity (Wildman–Crippen MR) is 94.4 cm³/mol. The molecule has 0 saturated heterocycles. The van der Waals surface area contributed by atoms with E-state index in [1.54, 1.807) is 4.90 Å². The molecule has 3 rings (SSSR count). The maximum Gasteiger partial charge on any atom is 0.274 e. The van der Waals surface area contributed by atoms with Crippen LogP contribution in [-0.4, -0.2) is 44.0 Å². The maximum absolute atomic E-state index is 13.0. The lowest BCUT2D eigenvalue weighted by Crippen LogP contribution is -2.28. The second-order valence-corrected chi connectivity index (χ2v) is 6.85. The molecule has 0 N–H and O–H groups in total. The van der Waals surface area contributed by atoms with Gasteiger partial charge in [-0.05, 0) is 27.7 Å². The van der Waals surface area contributed by atoms with Gasteiger partial charge in [0.25, 0.3) is 5.91 Å². The van der Waals surface area contributed by atoms with Gasteiger partial charge in [0, 0.05) is 55.1 Å². The predicted octanol–water partition coefficient (Wildman–Crippen LogP) is 2.33. The quantitative estimate of drug-likeness (QED) is 0.834. The lowest BCUT2D eigenvalue weighted by atomic mass is 10.1. The summed E-state index contributed by atoms with van der Waals surface area (Å²) in [6, 6.07) is 0.226. The topological polar surface area (TPSA) is 65.2 Å². The van der Waals surface area contributed by atoms with Crippen LogP contribution in [0.25, 0.3) is 0 Å². The Hall–Kier alpha value is -2.15. The summed E-state index contributed by atoms with van der Waals surface area (Å²) in [5, 5.41) is 8.98. The number of aromatic nitrogens is 4. The Kier molecular flexibility index (Phi) is 4.94. The highest BCUT2D eigenvalue weighted by atomic mass is 16.5. The van der Waals surface area contributed by atoms with Crippen molar-refractivity contribution >= 4 is 5.91 Å². The highest BCUT2D eigenvalue weighted by molar-refractivity contribution is 5.93. The van der Waals surface area contributed by atoms with E-state index in [-0.39, 0.29) is 11.9 Å². The number of hydrogen-bond acceptors (Lipinski definition) is 4. The van der Waals surface area contributed by atoms with Gasteiger partial charge in [-0.15, -0.1) is 0 Å². The van der Waals surface area contributed by atoms with Crippen LogP contribution in [0.1, 0.15) is 59.8 Å². The van der Waals surface area contributed by atoms with Crippen molar-refractivity contribution in [2.24, 2.45) is 0 Å². The molecule has 0 saturated carbocycles. The van der Waals surface area contributed by atoms with Gasteiger partial charge in [0.15, 0.2) is 5.69 Å². The van der Waals surface area contributed by atoms with Crippen molar-refractivity contribution in [1.29, 1.82) is 0 Å². The van der Waals surface area contributed by atoms with E-state index in [0.29, 0.717) is 25.5 Å². The zero-order valence-electron chi connectivity index (χ0n) is 15.7. The molecule has 0 spiro atoms. The Labute approximate surface area is 148 Å². The molecule has 1 aliphatic rings. The summed E-state index contributed by atoms with van der Waals surface area (Å²) in [7, 11) is 1.82. The van der Waals surface area contributed by atoms with Crippen molar-refractivity contribution < 1.29 is 9.53 Å². The fourth-order valence-corrected chi connectivity index (χ4v) is 3.33. The van der Waals surface area contributed by atoms with Crippen LogP contribution in [0.4, 0.5) is 0 Å². The Balaban J connectivity index is 1.86. The van der Waals surface area contributed by atoms with E-state index in [0.717, 1.165) is 35.5 Å². The van der Waals surface area contributed by atoms with Crippen LogP contribution in [0.15, 0.2) is 6.20 Å². The molecular formula is C18H27N5O2. The minimum Gasteiger partial charge on any atom is -0.376 e. The molecule has 2 aromatic rings. The monoisotopic (exact) mass is 345 g/mol. The van der Waals surface area contributed by atoms with Gasteiger partial charge in [-0.1, -0.05) is 0 Å². The molecule has 0 aliphatic carbocycles. The molecule has 0 aromatic carbocycles. The van der Waals surface area contributed by atoms with Gasteiger partial charge in [0.1, 0.15) is 0 Å². The third kappa shape index (κ3) is 3.20. The van der Waals surface area contributed by atoms with Gasteiger partial charge in [-0.3, -0.25) is 14.2 Å². The van der Waals surface area contributed by atoms with Crippen molar-refractivity contribution in [1.82, 2.24) is 24.5 Å². The molecule has 1 amide bonds. The first-order valence-corrected chi connectivity index (χ1v) is 8.88. The Morgan fingerprint density at radius 1 is 1.44 bits per heavy atom. The van der Waals surface area contributed by atoms with Crippen LogP contribution in [0, 0.1) is 6.92 Å². The first kappa shape index (κ1) is 17.7. The Morgan fingerprint density at radius 2 is 2.20 bits per heavy atom. The Bertz CT molecular complexity index is 775. The molecular weight excluding hydrogens is 318 g/mol. The Morgan fingerprint density at radius 3 is 2.84 bits per heavy atom. The van der Waals surface area contributed by atoms with Gasteiger partial charge in [-0.2, -0.15) is 10.2 Å². The highest BCUT2D eigenvalue weighted by Gasteiger charge is 2.28. The van der Waals surface area contributed by atoms with E-state index in [1.165, 1.54) is 0 Å². The van der Waals surface area contributed by atoms with Crippen molar-refractivity contribution in [2.45, 2.75) is 59.9 Å². The van der Waals surface area contributed by atoms with Crippen LogP contribution in [0.3, 0.4) is 0 Å². The van der Waals surface area contributed by atoms with Gasteiger partial charge in [-0.25, -0.2) is 0 Å². The highest BCUT2D eigenvalue weighted by Crippen LogP contribution is 2.25. The molecule has 2 aromatic heterocycles. The number of hydrogen-bond donors (Lipinski definition) is 0. The number of carbonyl (C=O) groups excluding carboxylic acids is 1. The molecule has 7 nitrogen and oxygen atoms in total. The fraction of sp³-hybridized carbons (Fsp3) is 0.611. The van der Waals surface area contributed by atoms with E-state index in [1.807, 2.05) is 29.5 Å². The number of rotatable bonds is 5. The van der Waals surface area contributed by atoms with E-state index in [4.69, 9.17) is 4.74 Å². The lowest BCUT2D eigenvalue weighted by molar-refractivity contribution is 0.0764. The number of carbonyl (C=O) groups is 1. The van der Waals surface area contributed by atoms with E-state index < -0.39 is 0 Å². The zero-order chi connectivity index (χ0) is 18.1. The van der Waals surface area contributed by atoms with Gasteiger partial charge in [0.2, 0.25) is 0 Å². The van der Waals surface area contributed by atoms with Gasteiger partial charge < -0.3 is 9.64 Å². The van der Waals surface area contributed by atoms with Crippen molar-refractivity contribution in [3.8, 4) is 0 Å². The molecule has 7 heteroatoms. The summed E-state index contributed by atoms with van der Waals surface area (Å²) in [4.78, 5) is 14.7. The number of nitrogens with zero attached hydrogens (tertiary/aromatic N) is 5. The van der Waals surface area contributed by atoms with E-state index in [9.17, 15) is 4.79 Å². The van der Waals surface area contributed by atoms with Crippen molar-refractivity contribution in [3.05, 3.63) is 34.4 Å². The third-order valence-corrected chi connectivity index (χ3v) is 4.80. The van der Waals surface area contributed by atoms with Crippen molar-refractivity contribution in [2.75, 3.05) is 13.7 Å². The minimum atomic E-state index is -0.0650. The molecule has 0 radical (unpaired) electrons. The number of ether oxygens (including phenoxy) is 1. The molecule has 0 atom stereocenters. The van der Waals surface area contributed by atoms with Crippen LogP contribution in [0.5, 0.6) is 0 Å². The third-order valence-electron chi connectivity index (χ3n) is 4.80. The van der Waals surface area contributed by atoms with E-state index >= 15 is 0 Å². The SMILES string of the molecule is CCn1ncc(CN(C)C(=O)c2nn(C(C)C)c3c2COCC3)c1C. The molecule has 0 unspecified atom stereocenters. The maximum atomic E-state index is 13.0.